The number of hydrogen-bond donors (Lipinski definition) is 1. The molecule has 1 rings (SSSR count). The van der Waals surface area contributed by atoms with E-state index in [-0.39, 0.29) is 5.25 Å². The van der Waals surface area contributed by atoms with Crippen LogP contribution in [0.5, 0.6) is 0 Å². The van der Waals surface area contributed by atoms with Gasteiger partial charge in [0.1, 0.15) is 9.84 Å². The third kappa shape index (κ3) is 4.79. The molecule has 0 radical (unpaired) electrons. The molecule has 17 heavy (non-hydrogen) atoms. The third-order valence-corrected chi connectivity index (χ3v) is 6.36. The van der Waals surface area contributed by atoms with Gasteiger partial charge in [0, 0.05) is 18.1 Å². The van der Waals surface area contributed by atoms with Crippen LogP contribution in [-0.4, -0.2) is 44.5 Å². The van der Waals surface area contributed by atoms with Crippen LogP contribution in [0.2, 0.25) is 0 Å². The summed E-state index contributed by atoms with van der Waals surface area (Å²) < 4.78 is 23.3. The van der Waals surface area contributed by atoms with Gasteiger partial charge >= 0.3 is 0 Å². The molecule has 3 atom stereocenters. The van der Waals surface area contributed by atoms with Gasteiger partial charge in [0.25, 0.3) is 0 Å². The van der Waals surface area contributed by atoms with Crippen molar-refractivity contribution in [3.8, 4) is 0 Å². The van der Waals surface area contributed by atoms with Gasteiger partial charge in [0.05, 0.1) is 5.25 Å². The molecule has 0 amide bonds. The Morgan fingerprint density at radius 2 is 2.12 bits per heavy atom. The van der Waals surface area contributed by atoms with Crippen molar-refractivity contribution in [2.75, 3.05) is 24.8 Å². The molecule has 0 aromatic carbocycles. The first-order chi connectivity index (χ1) is 7.99. The average molecular weight is 279 g/mol. The lowest BCUT2D eigenvalue weighted by molar-refractivity contribution is 0.295. The first-order valence-corrected chi connectivity index (χ1v) is 9.53. The molecule has 0 aromatic heterocycles. The van der Waals surface area contributed by atoms with Crippen molar-refractivity contribution in [3.05, 3.63) is 0 Å². The summed E-state index contributed by atoms with van der Waals surface area (Å²) in [6, 6.07) is 0.462. The lowest BCUT2D eigenvalue weighted by Crippen LogP contribution is -2.41. The topological polar surface area (TPSA) is 46.2 Å². The quantitative estimate of drug-likeness (QED) is 0.807. The van der Waals surface area contributed by atoms with Gasteiger partial charge < -0.3 is 5.32 Å². The van der Waals surface area contributed by atoms with E-state index in [4.69, 9.17) is 0 Å². The van der Waals surface area contributed by atoms with Crippen molar-refractivity contribution in [1.82, 2.24) is 5.32 Å². The van der Waals surface area contributed by atoms with Crippen molar-refractivity contribution >= 4 is 21.6 Å². The summed E-state index contributed by atoms with van der Waals surface area (Å²) in [4.78, 5) is 0. The molecule has 0 aromatic rings. The fourth-order valence-electron chi connectivity index (χ4n) is 2.64. The Kier molecular flexibility index (Phi) is 6.31. The van der Waals surface area contributed by atoms with E-state index in [0.717, 1.165) is 30.8 Å². The largest absolute Gasteiger partial charge is 0.316 e. The number of hydrogen-bond acceptors (Lipinski definition) is 4. The predicted molar refractivity (Wildman–Crippen MR) is 76.4 cm³/mol. The highest BCUT2D eigenvalue weighted by atomic mass is 32.2. The minimum Gasteiger partial charge on any atom is -0.316 e. The molecule has 0 saturated heterocycles. The zero-order valence-corrected chi connectivity index (χ0v) is 12.7. The smallest absolute Gasteiger partial charge is 0.150 e. The second kappa shape index (κ2) is 7.00. The zero-order chi connectivity index (χ0) is 12.9. The molecular formula is C12H25NO2S2. The highest BCUT2D eigenvalue weighted by Gasteiger charge is 2.32. The molecule has 1 saturated carbocycles. The predicted octanol–water partition coefficient (Wildman–Crippen LogP) is 1.93. The lowest BCUT2D eigenvalue weighted by atomic mass is 9.84. The summed E-state index contributed by atoms with van der Waals surface area (Å²) in [5.41, 5.74) is 0. The van der Waals surface area contributed by atoms with Crippen LogP contribution in [0.25, 0.3) is 0 Å². The van der Waals surface area contributed by atoms with E-state index in [1.165, 1.54) is 12.7 Å². The molecule has 1 aliphatic carbocycles. The minimum absolute atomic E-state index is 0.108. The third-order valence-electron chi connectivity index (χ3n) is 3.71. The molecule has 0 bridgehead atoms. The van der Waals surface area contributed by atoms with Gasteiger partial charge in [0.15, 0.2) is 0 Å². The zero-order valence-electron chi connectivity index (χ0n) is 11.1. The molecule has 1 fully saturated rings. The van der Waals surface area contributed by atoms with Gasteiger partial charge in [-0.2, -0.15) is 11.8 Å². The Morgan fingerprint density at radius 3 is 2.65 bits per heavy atom. The average Bonchev–Trinajstić information content (AvgIpc) is 2.29. The molecule has 3 nitrogen and oxygen atoms in total. The van der Waals surface area contributed by atoms with E-state index in [2.05, 4.69) is 12.2 Å². The van der Waals surface area contributed by atoms with Crippen LogP contribution < -0.4 is 5.32 Å². The molecule has 1 N–H and O–H groups in total. The molecule has 5 heteroatoms. The maximum absolute atomic E-state index is 11.6. The maximum Gasteiger partial charge on any atom is 0.150 e. The lowest BCUT2D eigenvalue weighted by Gasteiger charge is -2.33. The van der Waals surface area contributed by atoms with Crippen molar-refractivity contribution in [3.63, 3.8) is 0 Å². The molecule has 1 aliphatic rings. The summed E-state index contributed by atoms with van der Waals surface area (Å²) >= 11 is 1.93. The highest BCUT2D eigenvalue weighted by Crippen LogP contribution is 2.31. The molecule has 0 heterocycles. The number of sulfone groups is 1. The van der Waals surface area contributed by atoms with Crippen LogP contribution in [-0.2, 0) is 9.84 Å². The van der Waals surface area contributed by atoms with E-state index >= 15 is 0 Å². The van der Waals surface area contributed by atoms with Crippen LogP contribution in [0.3, 0.4) is 0 Å². The molecule has 0 spiro atoms. The van der Waals surface area contributed by atoms with E-state index in [0.29, 0.717) is 12.0 Å². The van der Waals surface area contributed by atoms with Gasteiger partial charge in [-0.25, -0.2) is 8.42 Å². The van der Waals surface area contributed by atoms with Gasteiger partial charge in [-0.05, 0) is 38.0 Å². The van der Waals surface area contributed by atoms with Crippen LogP contribution in [0, 0.1) is 5.92 Å². The van der Waals surface area contributed by atoms with Gasteiger partial charge in [0.2, 0.25) is 0 Å². The summed E-state index contributed by atoms with van der Waals surface area (Å²) in [5.74, 6) is 2.74. The standard InChI is InChI=1S/C12H25NO2S2/c1-4-16-9-12(13-2)10-6-5-7-11(8-10)17(3,14)15/h10-13H,4-9H2,1-3H3. The van der Waals surface area contributed by atoms with Gasteiger partial charge in [-0.3, -0.25) is 0 Å². The monoisotopic (exact) mass is 279 g/mol. The molecule has 102 valence electrons. The summed E-state index contributed by atoms with van der Waals surface area (Å²) in [7, 11) is -0.865. The van der Waals surface area contributed by atoms with Crippen LogP contribution >= 0.6 is 11.8 Å². The van der Waals surface area contributed by atoms with E-state index in [1.807, 2.05) is 18.8 Å². The Balaban J connectivity index is 2.58. The van der Waals surface area contributed by atoms with Crippen molar-refractivity contribution in [1.29, 1.82) is 0 Å². The Hall–Kier alpha value is 0.260. The van der Waals surface area contributed by atoms with Crippen molar-refractivity contribution in [2.24, 2.45) is 5.92 Å². The van der Waals surface area contributed by atoms with Crippen molar-refractivity contribution in [2.45, 2.75) is 43.9 Å². The summed E-state index contributed by atoms with van der Waals surface area (Å²) in [6.45, 7) is 2.16. The van der Waals surface area contributed by atoms with Gasteiger partial charge in [-0.15, -0.1) is 0 Å². The first kappa shape index (κ1) is 15.3. The summed E-state index contributed by atoms with van der Waals surface area (Å²) in [6.07, 6.45) is 5.30. The molecule has 3 unspecified atom stereocenters. The highest BCUT2D eigenvalue weighted by molar-refractivity contribution is 7.99. The maximum atomic E-state index is 11.6. The Morgan fingerprint density at radius 1 is 1.41 bits per heavy atom. The number of rotatable bonds is 6. The fraction of sp³-hybridized carbons (Fsp3) is 1.00. The first-order valence-electron chi connectivity index (χ1n) is 6.42. The second-order valence-corrected chi connectivity index (χ2v) is 8.58. The van der Waals surface area contributed by atoms with E-state index in [1.54, 1.807) is 0 Å². The Labute approximate surface area is 110 Å². The van der Waals surface area contributed by atoms with Crippen LogP contribution in [0.1, 0.15) is 32.6 Å². The normalized spacial score (nSPS) is 27.9. The van der Waals surface area contributed by atoms with Crippen LogP contribution in [0.4, 0.5) is 0 Å². The fourth-order valence-corrected chi connectivity index (χ4v) is 4.76. The molecular weight excluding hydrogens is 254 g/mol. The van der Waals surface area contributed by atoms with Crippen molar-refractivity contribution < 1.29 is 8.42 Å². The summed E-state index contributed by atoms with van der Waals surface area (Å²) in [5, 5.41) is 3.26. The number of nitrogens with one attached hydrogen (secondary N) is 1. The molecule has 0 aliphatic heterocycles. The Bertz CT molecular complexity index is 316. The van der Waals surface area contributed by atoms with E-state index in [9.17, 15) is 8.42 Å². The van der Waals surface area contributed by atoms with Crippen LogP contribution in [0.15, 0.2) is 0 Å². The second-order valence-electron chi connectivity index (χ2n) is 4.93. The number of thioether (sulfide) groups is 1. The van der Waals surface area contributed by atoms with Gasteiger partial charge in [-0.1, -0.05) is 13.3 Å². The minimum atomic E-state index is -2.86. The van der Waals surface area contributed by atoms with E-state index < -0.39 is 9.84 Å². The SMILES string of the molecule is CCSCC(NC)C1CCCC(S(C)(=O)=O)C1.